The van der Waals surface area contributed by atoms with Crippen molar-refractivity contribution in [2.45, 2.75) is 12.5 Å². The Morgan fingerprint density at radius 3 is 2.67 bits per heavy atom. The van der Waals surface area contributed by atoms with Crippen molar-refractivity contribution >= 4 is 6.09 Å². The van der Waals surface area contributed by atoms with Crippen LogP contribution in [-0.4, -0.2) is 52.1 Å². The first-order valence-electron chi connectivity index (χ1n) is 3.92. The fourth-order valence-electron chi connectivity index (χ4n) is 1.37. The molecule has 1 amide bonds. The Morgan fingerprint density at radius 1 is 1.58 bits per heavy atom. The van der Waals surface area contributed by atoms with Gasteiger partial charge in [0, 0.05) is 19.1 Å². The van der Waals surface area contributed by atoms with Crippen molar-refractivity contribution in [2.75, 3.05) is 19.7 Å². The predicted molar refractivity (Wildman–Crippen MR) is 40.8 cm³/mol. The summed E-state index contributed by atoms with van der Waals surface area (Å²) in [4.78, 5) is 11.6. The molecule has 3 N–H and O–H groups in total. The lowest BCUT2D eigenvalue weighted by Gasteiger charge is -2.33. The van der Waals surface area contributed by atoms with Crippen LogP contribution in [0.5, 0.6) is 0 Å². The molecule has 1 fully saturated rings. The lowest BCUT2D eigenvalue weighted by Crippen LogP contribution is -2.47. The molecule has 0 aromatic heterocycles. The molecule has 1 aliphatic rings. The molecule has 0 radical (unpaired) electrons. The largest absolute Gasteiger partial charge is 0.465 e. The van der Waals surface area contributed by atoms with Crippen molar-refractivity contribution in [2.24, 2.45) is 5.92 Å². The van der Waals surface area contributed by atoms with Crippen LogP contribution >= 0.6 is 0 Å². The number of carbonyl (C=O) groups is 1. The van der Waals surface area contributed by atoms with Gasteiger partial charge in [-0.2, -0.15) is 0 Å². The Hall–Kier alpha value is -0.810. The van der Waals surface area contributed by atoms with E-state index in [-0.39, 0.29) is 19.1 Å². The topological polar surface area (TPSA) is 81.0 Å². The molecule has 1 aliphatic heterocycles. The maximum absolute atomic E-state index is 10.4. The van der Waals surface area contributed by atoms with Crippen molar-refractivity contribution in [3.8, 4) is 0 Å². The van der Waals surface area contributed by atoms with Crippen LogP contribution in [0.2, 0.25) is 0 Å². The van der Waals surface area contributed by atoms with Gasteiger partial charge in [0.1, 0.15) is 0 Å². The first-order chi connectivity index (χ1) is 5.65. The fraction of sp³-hybridized carbons (Fsp3) is 0.857. The van der Waals surface area contributed by atoms with E-state index in [2.05, 4.69) is 0 Å². The second kappa shape index (κ2) is 3.73. The minimum atomic E-state index is -1.01. The Kier molecular flexibility index (Phi) is 2.88. The van der Waals surface area contributed by atoms with Crippen LogP contribution in [0.1, 0.15) is 6.42 Å². The number of piperidine rings is 1. The zero-order valence-electron chi connectivity index (χ0n) is 6.68. The summed E-state index contributed by atoms with van der Waals surface area (Å²) < 4.78 is 0. The van der Waals surface area contributed by atoms with Crippen LogP contribution < -0.4 is 0 Å². The SMILES string of the molecule is O=C(O)N1CCC(CO)C(O)C1. The van der Waals surface area contributed by atoms with Gasteiger partial charge in [0.25, 0.3) is 0 Å². The highest BCUT2D eigenvalue weighted by Gasteiger charge is 2.29. The van der Waals surface area contributed by atoms with E-state index < -0.39 is 12.2 Å². The quantitative estimate of drug-likeness (QED) is 0.494. The maximum atomic E-state index is 10.4. The lowest BCUT2D eigenvalue weighted by atomic mass is 9.95. The van der Waals surface area contributed by atoms with Gasteiger partial charge in [-0.1, -0.05) is 0 Å². The van der Waals surface area contributed by atoms with Crippen LogP contribution in [-0.2, 0) is 0 Å². The standard InChI is InChI=1S/C7H13NO4/c9-4-5-1-2-8(7(11)12)3-6(5)10/h5-6,9-10H,1-4H2,(H,11,12). The molecular formula is C7H13NO4. The van der Waals surface area contributed by atoms with Crippen LogP contribution in [0, 0.1) is 5.92 Å². The summed E-state index contributed by atoms with van der Waals surface area (Å²) in [5, 5.41) is 26.7. The van der Waals surface area contributed by atoms with Gasteiger partial charge in [-0.05, 0) is 6.42 Å². The number of hydrogen-bond acceptors (Lipinski definition) is 3. The minimum absolute atomic E-state index is 0.0748. The molecule has 2 unspecified atom stereocenters. The number of β-amino-alcohol motifs (C(OH)–C–C–N with tert-alkyl or cyclic N) is 1. The molecule has 0 saturated carbocycles. The second-order valence-electron chi connectivity index (χ2n) is 3.03. The van der Waals surface area contributed by atoms with E-state index in [0.717, 1.165) is 4.90 Å². The van der Waals surface area contributed by atoms with Gasteiger partial charge in [0.2, 0.25) is 0 Å². The molecule has 0 aromatic carbocycles. The number of amides is 1. The van der Waals surface area contributed by atoms with Crippen molar-refractivity contribution in [1.29, 1.82) is 0 Å². The van der Waals surface area contributed by atoms with E-state index in [9.17, 15) is 9.90 Å². The van der Waals surface area contributed by atoms with Gasteiger partial charge >= 0.3 is 6.09 Å². The molecule has 1 saturated heterocycles. The number of hydrogen-bond donors (Lipinski definition) is 3. The summed E-state index contributed by atoms with van der Waals surface area (Å²) in [6.45, 7) is 0.437. The Labute approximate surface area is 70.2 Å². The molecule has 12 heavy (non-hydrogen) atoms. The third kappa shape index (κ3) is 1.86. The third-order valence-corrected chi connectivity index (χ3v) is 2.23. The van der Waals surface area contributed by atoms with E-state index in [1.54, 1.807) is 0 Å². The molecule has 1 heterocycles. The summed E-state index contributed by atoms with van der Waals surface area (Å²) in [5.41, 5.74) is 0. The molecule has 0 aromatic rings. The zero-order valence-corrected chi connectivity index (χ0v) is 6.68. The van der Waals surface area contributed by atoms with Gasteiger partial charge in [0.15, 0.2) is 0 Å². The maximum Gasteiger partial charge on any atom is 0.407 e. The highest BCUT2D eigenvalue weighted by molar-refractivity contribution is 5.65. The van der Waals surface area contributed by atoms with Gasteiger partial charge < -0.3 is 20.2 Å². The summed E-state index contributed by atoms with van der Waals surface area (Å²) in [5.74, 6) is -0.166. The summed E-state index contributed by atoms with van der Waals surface area (Å²) in [6, 6.07) is 0. The third-order valence-electron chi connectivity index (χ3n) is 2.23. The van der Waals surface area contributed by atoms with Crippen LogP contribution in [0.15, 0.2) is 0 Å². The lowest BCUT2D eigenvalue weighted by molar-refractivity contribution is 0.00244. The molecule has 0 aliphatic carbocycles. The van der Waals surface area contributed by atoms with E-state index in [1.807, 2.05) is 0 Å². The van der Waals surface area contributed by atoms with E-state index in [0.29, 0.717) is 13.0 Å². The summed E-state index contributed by atoms with van der Waals surface area (Å²) in [6.07, 6.45) is -1.20. The van der Waals surface area contributed by atoms with Crippen molar-refractivity contribution in [3.63, 3.8) is 0 Å². The van der Waals surface area contributed by atoms with Gasteiger partial charge in [0.05, 0.1) is 12.6 Å². The van der Waals surface area contributed by atoms with E-state index in [4.69, 9.17) is 10.2 Å². The van der Waals surface area contributed by atoms with Crippen LogP contribution in [0.4, 0.5) is 4.79 Å². The number of carboxylic acid groups (broad SMARTS) is 1. The van der Waals surface area contributed by atoms with Crippen LogP contribution in [0.3, 0.4) is 0 Å². The molecular weight excluding hydrogens is 162 g/mol. The summed E-state index contributed by atoms with van der Waals surface area (Å²) in [7, 11) is 0. The Morgan fingerprint density at radius 2 is 2.25 bits per heavy atom. The minimum Gasteiger partial charge on any atom is -0.465 e. The normalized spacial score (nSPS) is 30.3. The number of nitrogens with zero attached hydrogens (tertiary/aromatic N) is 1. The number of aliphatic hydroxyl groups is 2. The average molecular weight is 175 g/mol. The number of aliphatic hydroxyl groups excluding tert-OH is 2. The number of rotatable bonds is 1. The molecule has 5 nitrogen and oxygen atoms in total. The zero-order chi connectivity index (χ0) is 9.14. The molecule has 5 heteroatoms. The van der Waals surface area contributed by atoms with Gasteiger partial charge in [-0.25, -0.2) is 4.79 Å². The van der Waals surface area contributed by atoms with Crippen molar-refractivity contribution in [1.82, 2.24) is 4.90 Å². The molecule has 0 spiro atoms. The molecule has 1 rings (SSSR count). The fourth-order valence-corrected chi connectivity index (χ4v) is 1.37. The average Bonchev–Trinajstić information content (AvgIpc) is 2.04. The van der Waals surface area contributed by atoms with Gasteiger partial charge in [-0.15, -0.1) is 0 Å². The first kappa shape index (κ1) is 9.28. The van der Waals surface area contributed by atoms with E-state index in [1.165, 1.54) is 0 Å². The monoisotopic (exact) mass is 175 g/mol. The molecule has 2 atom stereocenters. The highest BCUT2D eigenvalue weighted by atomic mass is 16.4. The summed E-state index contributed by atoms with van der Waals surface area (Å²) >= 11 is 0. The van der Waals surface area contributed by atoms with E-state index >= 15 is 0 Å². The van der Waals surface area contributed by atoms with Crippen molar-refractivity contribution in [3.05, 3.63) is 0 Å². The Bertz CT molecular complexity index is 173. The number of likely N-dealkylation sites (tertiary alicyclic amines) is 1. The second-order valence-corrected chi connectivity index (χ2v) is 3.03. The Balaban J connectivity index is 2.46. The molecule has 70 valence electrons. The molecule has 0 bridgehead atoms. The highest BCUT2D eigenvalue weighted by Crippen LogP contribution is 2.16. The van der Waals surface area contributed by atoms with Gasteiger partial charge in [-0.3, -0.25) is 0 Å². The van der Waals surface area contributed by atoms with Crippen LogP contribution in [0.25, 0.3) is 0 Å². The predicted octanol–water partition coefficient (Wildman–Crippen LogP) is -0.660. The first-order valence-corrected chi connectivity index (χ1v) is 3.92. The van der Waals surface area contributed by atoms with Crippen molar-refractivity contribution < 1.29 is 20.1 Å². The smallest absolute Gasteiger partial charge is 0.407 e.